The standard InChI is InChI=1S/C16H16N4O4/c1-24-14(21)7-6-13-15(22)20(16(23)18-13)11-4-2-10(3-5-11)12-8-9-17-19-12/h2-5,8-9,13H,6-7H2,1H3,(H,17,19)(H,18,23)/t13-/m1/s1. The van der Waals surface area contributed by atoms with Crippen molar-refractivity contribution in [1.82, 2.24) is 15.5 Å². The molecule has 124 valence electrons. The number of nitrogens with zero attached hydrogens (tertiary/aromatic N) is 2. The van der Waals surface area contributed by atoms with Gasteiger partial charge < -0.3 is 10.1 Å². The van der Waals surface area contributed by atoms with Crippen LogP contribution in [0.2, 0.25) is 0 Å². The van der Waals surface area contributed by atoms with E-state index in [-0.39, 0.29) is 18.7 Å². The average molecular weight is 328 g/mol. The van der Waals surface area contributed by atoms with Gasteiger partial charge in [0.05, 0.1) is 18.5 Å². The number of carbonyl (C=O) groups is 3. The number of aromatic nitrogens is 2. The van der Waals surface area contributed by atoms with Crippen molar-refractivity contribution in [3.05, 3.63) is 36.5 Å². The number of aromatic amines is 1. The fourth-order valence-corrected chi connectivity index (χ4v) is 2.54. The molecule has 0 saturated carbocycles. The summed E-state index contributed by atoms with van der Waals surface area (Å²) < 4.78 is 4.55. The van der Waals surface area contributed by atoms with E-state index in [0.717, 1.165) is 16.2 Å². The zero-order chi connectivity index (χ0) is 17.1. The molecule has 0 radical (unpaired) electrons. The summed E-state index contributed by atoms with van der Waals surface area (Å²) in [5.74, 6) is -0.794. The molecule has 1 aliphatic heterocycles. The highest BCUT2D eigenvalue weighted by Gasteiger charge is 2.38. The first-order valence-corrected chi connectivity index (χ1v) is 7.41. The summed E-state index contributed by atoms with van der Waals surface area (Å²) in [6.45, 7) is 0. The largest absolute Gasteiger partial charge is 0.469 e. The predicted molar refractivity (Wildman–Crippen MR) is 85.1 cm³/mol. The van der Waals surface area contributed by atoms with Crippen molar-refractivity contribution in [3.63, 3.8) is 0 Å². The number of esters is 1. The highest BCUT2D eigenvalue weighted by atomic mass is 16.5. The lowest BCUT2D eigenvalue weighted by atomic mass is 10.1. The van der Waals surface area contributed by atoms with Crippen molar-refractivity contribution >= 4 is 23.6 Å². The number of nitrogens with one attached hydrogen (secondary N) is 2. The van der Waals surface area contributed by atoms with Gasteiger partial charge in [-0.1, -0.05) is 12.1 Å². The zero-order valence-electron chi connectivity index (χ0n) is 13.0. The number of urea groups is 1. The Morgan fingerprint density at radius 1 is 1.25 bits per heavy atom. The molecule has 1 saturated heterocycles. The first kappa shape index (κ1) is 15.7. The van der Waals surface area contributed by atoms with Gasteiger partial charge in [-0.2, -0.15) is 5.10 Å². The van der Waals surface area contributed by atoms with E-state index in [2.05, 4.69) is 20.3 Å². The molecule has 0 spiro atoms. The maximum atomic E-state index is 12.4. The van der Waals surface area contributed by atoms with Crippen LogP contribution in [0.1, 0.15) is 12.8 Å². The molecule has 2 N–H and O–H groups in total. The number of imide groups is 1. The SMILES string of the molecule is COC(=O)CC[C@H]1NC(=O)N(c2ccc(-c3ccn[nH]3)cc2)C1=O. The summed E-state index contributed by atoms with van der Waals surface area (Å²) >= 11 is 0. The van der Waals surface area contributed by atoms with Gasteiger partial charge in [0.1, 0.15) is 6.04 Å². The minimum absolute atomic E-state index is 0.0692. The third-order valence-electron chi connectivity index (χ3n) is 3.82. The third kappa shape index (κ3) is 2.98. The summed E-state index contributed by atoms with van der Waals surface area (Å²) in [6.07, 6.45) is 1.92. The fraction of sp³-hybridized carbons (Fsp3) is 0.250. The van der Waals surface area contributed by atoms with E-state index in [1.807, 2.05) is 6.07 Å². The second kappa shape index (κ2) is 6.53. The van der Waals surface area contributed by atoms with Crippen molar-refractivity contribution in [2.24, 2.45) is 0 Å². The monoisotopic (exact) mass is 328 g/mol. The van der Waals surface area contributed by atoms with E-state index in [0.29, 0.717) is 5.69 Å². The van der Waals surface area contributed by atoms with Gasteiger partial charge in [-0.05, 0) is 30.2 Å². The Balaban J connectivity index is 1.73. The van der Waals surface area contributed by atoms with Crippen LogP contribution in [0.4, 0.5) is 10.5 Å². The molecule has 1 aliphatic rings. The molecular formula is C16H16N4O4. The summed E-state index contributed by atoms with van der Waals surface area (Å²) in [5.41, 5.74) is 2.21. The van der Waals surface area contributed by atoms with Crippen molar-refractivity contribution in [2.75, 3.05) is 12.0 Å². The number of amides is 3. The Bertz CT molecular complexity index is 755. The number of carbonyl (C=O) groups excluding carboxylic acids is 3. The van der Waals surface area contributed by atoms with Crippen LogP contribution < -0.4 is 10.2 Å². The maximum Gasteiger partial charge on any atom is 0.329 e. The number of methoxy groups -OCH3 is 1. The molecule has 2 aromatic rings. The van der Waals surface area contributed by atoms with Crippen LogP contribution in [0.5, 0.6) is 0 Å². The fourth-order valence-electron chi connectivity index (χ4n) is 2.54. The molecule has 1 aromatic heterocycles. The van der Waals surface area contributed by atoms with E-state index >= 15 is 0 Å². The molecule has 1 fully saturated rings. The third-order valence-corrected chi connectivity index (χ3v) is 3.82. The quantitative estimate of drug-likeness (QED) is 0.638. The Hall–Kier alpha value is -3.16. The van der Waals surface area contributed by atoms with E-state index < -0.39 is 18.0 Å². The first-order chi connectivity index (χ1) is 11.6. The summed E-state index contributed by atoms with van der Waals surface area (Å²) in [4.78, 5) is 36.8. The molecule has 8 nitrogen and oxygen atoms in total. The molecule has 24 heavy (non-hydrogen) atoms. The van der Waals surface area contributed by atoms with E-state index in [9.17, 15) is 14.4 Å². The minimum atomic E-state index is -0.719. The summed E-state index contributed by atoms with van der Waals surface area (Å²) in [6, 6.07) is 7.59. The Morgan fingerprint density at radius 3 is 2.62 bits per heavy atom. The lowest BCUT2D eigenvalue weighted by Gasteiger charge is -2.13. The number of benzene rings is 1. The van der Waals surface area contributed by atoms with Crippen molar-refractivity contribution in [2.45, 2.75) is 18.9 Å². The predicted octanol–water partition coefficient (Wildman–Crippen LogP) is 1.45. The van der Waals surface area contributed by atoms with Crippen LogP contribution in [-0.2, 0) is 14.3 Å². The first-order valence-electron chi connectivity index (χ1n) is 7.41. The molecule has 1 aromatic carbocycles. The molecule has 3 rings (SSSR count). The highest BCUT2D eigenvalue weighted by molar-refractivity contribution is 6.21. The van der Waals surface area contributed by atoms with Crippen molar-refractivity contribution < 1.29 is 19.1 Å². The number of anilines is 1. The number of H-pyrrole nitrogens is 1. The smallest absolute Gasteiger partial charge is 0.329 e. The van der Waals surface area contributed by atoms with E-state index in [1.165, 1.54) is 7.11 Å². The number of ether oxygens (including phenoxy) is 1. The second-order valence-electron chi connectivity index (χ2n) is 5.31. The van der Waals surface area contributed by atoms with E-state index in [4.69, 9.17) is 0 Å². The van der Waals surface area contributed by atoms with Crippen LogP contribution in [0.15, 0.2) is 36.5 Å². The van der Waals surface area contributed by atoms with Gasteiger partial charge in [0.15, 0.2) is 0 Å². The molecule has 0 unspecified atom stereocenters. The van der Waals surface area contributed by atoms with Gasteiger partial charge in [0, 0.05) is 12.6 Å². The molecule has 8 heteroatoms. The number of rotatable bonds is 5. The van der Waals surface area contributed by atoms with Crippen LogP contribution in [-0.4, -0.2) is 41.3 Å². The minimum Gasteiger partial charge on any atom is -0.469 e. The molecule has 1 atom stereocenters. The molecule has 0 bridgehead atoms. The van der Waals surface area contributed by atoms with Crippen molar-refractivity contribution in [3.8, 4) is 11.3 Å². The van der Waals surface area contributed by atoms with E-state index in [1.54, 1.807) is 30.5 Å². The second-order valence-corrected chi connectivity index (χ2v) is 5.31. The van der Waals surface area contributed by atoms with Gasteiger partial charge in [-0.3, -0.25) is 14.7 Å². The Labute approximate surface area is 137 Å². The van der Waals surface area contributed by atoms with Gasteiger partial charge in [-0.15, -0.1) is 0 Å². The van der Waals surface area contributed by atoms with Crippen molar-refractivity contribution in [1.29, 1.82) is 0 Å². The van der Waals surface area contributed by atoms with Crippen LogP contribution in [0.25, 0.3) is 11.3 Å². The van der Waals surface area contributed by atoms with Crippen LogP contribution in [0, 0.1) is 0 Å². The molecule has 3 amide bonds. The molecule has 2 heterocycles. The van der Waals surface area contributed by atoms with Crippen LogP contribution >= 0.6 is 0 Å². The Morgan fingerprint density at radius 2 is 2.00 bits per heavy atom. The lowest BCUT2D eigenvalue weighted by Crippen LogP contribution is -2.31. The normalized spacial score (nSPS) is 17.0. The maximum absolute atomic E-state index is 12.4. The highest BCUT2D eigenvalue weighted by Crippen LogP contribution is 2.24. The summed E-state index contributed by atoms with van der Waals surface area (Å²) in [7, 11) is 1.28. The van der Waals surface area contributed by atoms with Gasteiger partial charge in [-0.25, -0.2) is 9.69 Å². The Kier molecular flexibility index (Phi) is 4.28. The number of hydrogen-bond acceptors (Lipinski definition) is 5. The lowest BCUT2D eigenvalue weighted by molar-refractivity contribution is -0.140. The topological polar surface area (TPSA) is 104 Å². The molecule has 0 aliphatic carbocycles. The van der Waals surface area contributed by atoms with Crippen LogP contribution in [0.3, 0.4) is 0 Å². The number of hydrogen-bond donors (Lipinski definition) is 2. The van der Waals surface area contributed by atoms with Gasteiger partial charge in [0.25, 0.3) is 5.91 Å². The zero-order valence-corrected chi connectivity index (χ0v) is 13.0. The average Bonchev–Trinajstić information content (AvgIpc) is 3.21. The van der Waals surface area contributed by atoms with Gasteiger partial charge >= 0.3 is 12.0 Å². The summed E-state index contributed by atoms with van der Waals surface area (Å²) in [5, 5.41) is 9.32. The molecular weight excluding hydrogens is 312 g/mol. The van der Waals surface area contributed by atoms with Gasteiger partial charge in [0.2, 0.25) is 0 Å².